The van der Waals surface area contributed by atoms with Crippen molar-refractivity contribution in [1.82, 2.24) is 5.32 Å². The van der Waals surface area contributed by atoms with E-state index in [1.54, 1.807) is 0 Å². The third kappa shape index (κ3) is 8.96. The highest BCUT2D eigenvalue weighted by Gasteiger charge is 2.15. The van der Waals surface area contributed by atoms with Crippen molar-refractivity contribution in [2.75, 3.05) is 12.3 Å². The second kappa shape index (κ2) is 12.1. The third-order valence-corrected chi connectivity index (χ3v) is 5.62. The molecular formula is C17H35NS. The SMILES string of the molecule is CCCCCC(CCCCC)NCC1CCCCS1. The van der Waals surface area contributed by atoms with Crippen LogP contribution in [0.5, 0.6) is 0 Å². The number of rotatable bonds is 11. The lowest BCUT2D eigenvalue weighted by Crippen LogP contribution is -2.35. The molecule has 0 bridgehead atoms. The highest BCUT2D eigenvalue weighted by molar-refractivity contribution is 7.99. The maximum Gasteiger partial charge on any atom is 0.0172 e. The molecule has 1 unspecified atom stereocenters. The zero-order chi connectivity index (χ0) is 13.8. The van der Waals surface area contributed by atoms with Crippen molar-refractivity contribution in [1.29, 1.82) is 0 Å². The van der Waals surface area contributed by atoms with Gasteiger partial charge in [0.25, 0.3) is 0 Å². The van der Waals surface area contributed by atoms with Crippen molar-refractivity contribution in [3.63, 3.8) is 0 Å². The summed E-state index contributed by atoms with van der Waals surface area (Å²) in [6.45, 7) is 5.87. The first-order chi connectivity index (χ1) is 9.36. The Morgan fingerprint density at radius 2 is 1.68 bits per heavy atom. The topological polar surface area (TPSA) is 12.0 Å². The Morgan fingerprint density at radius 3 is 2.21 bits per heavy atom. The Labute approximate surface area is 125 Å². The number of hydrogen-bond acceptors (Lipinski definition) is 2. The second-order valence-electron chi connectivity index (χ2n) is 6.09. The fourth-order valence-electron chi connectivity index (χ4n) is 2.90. The molecule has 0 amide bonds. The van der Waals surface area contributed by atoms with Crippen molar-refractivity contribution in [3.05, 3.63) is 0 Å². The van der Waals surface area contributed by atoms with Crippen LogP contribution >= 0.6 is 11.8 Å². The van der Waals surface area contributed by atoms with Gasteiger partial charge in [-0.15, -0.1) is 0 Å². The predicted molar refractivity (Wildman–Crippen MR) is 90.2 cm³/mol. The van der Waals surface area contributed by atoms with Crippen LogP contribution in [0, 0.1) is 0 Å². The van der Waals surface area contributed by atoms with Crippen LogP contribution < -0.4 is 5.32 Å². The standard InChI is InChI=1S/C17H35NS/c1-3-5-7-11-16(12-8-6-4-2)18-15-17-13-9-10-14-19-17/h16-18H,3-15H2,1-2H3. The van der Waals surface area contributed by atoms with Gasteiger partial charge in [0, 0.05) is 17.8 Å². The summed E-state index contributed by atoms with van der Waals surface area (Å²) in [4.78, 5) is 0. The van der Waals surface area contributed by atoms with Crippen LogP contribution in [0.1, 0.15) is 84.5 Å². The Kier molecular flexibility index (Phi) is 11.0. The smallest absolute Gasteiger partial charge is 0.0172 e. The Bertz CT molecular complexity index is 180. The van der Waals surface area contributed by atoms with E-state index < -0.39 is 0 Å². The predicted octanol–water partition coefficient (Wildman–Crippen LogP) is 5.39. The van der Waals surface area contributed by atoms with E-state index in [1.165, 1.54) is 82.9 Å². The van der Waals surface area contributed by atoms with Crippen molar-refractivity contribution < 1.29 is 0 Å². The average Bonchev–Trinajstić information content (AvgIpc) is 2.45. The van der Waals surface area contributed by atoms with Gasteiger partial charge in [-0.25, -0.2) is 0 Å². The molecule has 114 valence electrons. The molecule has 1 aliphatic rings. The van der Waals surface area contributed by atoms with Crippen LogP contribution in [0.3, 0.4) is 0 Å². The van der Waals surface area contributed by atoms with Crippen LogP contribution in [0.2, 0.25) is 0 Å². The zero-order valence-corrected chi connectivity index (χ0v) is 14.1. The van der Waals surface area contributed by atoms with E-state index in [-0.39, 0.29) is 0 Å². The van der Waals surface area contributed by atoms with E-state index in [9.17, 15) is 0 Å². The van der Waals surface area contributed by atoms with Crippen LogP contribution in [0.25, 0.3) is 0 Å². The largest absolute Gasteiger partial charge is 0.313 e. The summed E-state index contributed by atoms with van der Waals surface area (Å²) in [7, 11) is 0. The maximum absolute atomic E-state index is 3.89. The van der Waals surface area contributed by atoms with Gasteiger partial charge in [-0.05, 0) is 31.4 Å². The van der Waals surface area contributed by atoms with Crippen molar-refractivity contribution in [3.8, 4) is 0 Å². The summed E-state index contributed by atoms with van der Waals surface area (Å²) in [6, 6.07) is 0.792. The molecule has 0 aromatic rings. The summed E-state index contributed by atoms with van der Waals surface area (Å²) in [5, 5.41) is 4.78. The van der Waals surface area contributed by atoms with Crippen LogP contribution in [-0.4, -0.2) is 23.6 Å². The van der Waals surface area contributed by atoms with Crippen LogP contribution in [-0.2, 0) is 0 Å². The summed E-state index contributed by atoms with van der Waals surface area (Å²) in [6.07, 6.45) is 15.5. The molecule has 1 fully saturated rings. The molecule has 0 aromatic heterocycles. The van der Waals surface area contributed by atoms with E-state index in [1.807, 2.05) is 0 Å². The van der Waals surface area contributed by atoms with Crippen molar-refractivity contribution in [2.45, 2.75) is 95.8 Å². The average molecular weight is 286 g/mol. The second-order valence-corrected chi connectivity index (χ2v) is 7.49. The molecule has 0 spiro atoms. The van der Waals surface area contributed by atoms with Gasteiger partial charge in [0.1, 0.15) is 0 Å². The molecule has 0 radical (unpaired) electrons. The quantitative estimate of drug-likeness (QED) is 0.511. The minimum atomic E-state index is 0.792. The molecule has 1 rings (SSSR count). The molecule has 2 heteroatoms. The van der Waals surface area contributed by atoms with Gasteiger partial charge in [-0.2, -0.15) is 11.8 Å². The lowest BCUT2D eigenvalue weighted by molar-refractivity contribution is 0.414. The zero-order valence-electron chi connectivity index (χ0n) is 13.3. The molecule has 0 aromatic carbocycles. The van der Waals surface area contributed by atoms with Crippen LogP contribution in [0.4, 0.5) is 0 Å². The van der Waals surface area contributed by atoms with E-state index in [2.05, 4.69) is 30.9 Å². The number of nitrogens with one attached hydrogen (secondary N) is 1. The lowest BCUT2D eigenvalue weighted by atomic mass is 10.0. The molecule has 1 heterocycles. The molecule has 1 N–H and O–H groups in total. The van der Waals surface area contributed by atoms with Gasteiger partial charge in [0.05, 0.1) is 0 Å². The first-order valence-corrected chi connectivity index (χ1v) is 9.76. The maximum atomic E-state index is 3.89. The molecule has 1 atom stereocenters. The molecule has 1 nitrogen and oxygen atoms in total. The minimum absolute atomic E-state index is 0.792. The lowest BCUT2D eigenvalue weighted by Gasteiger charge is -2.25. The Hall–Kier alpha value is 0.310. The summed E-state index contributed by atoms with van der Waals surface area (Å²) >= 11 is 2.20. The van der Waals surface area contributed by atoms with Gasteiger partial charge in [0.15, 0.2) is 0 Å². The van der Waals surface area contributed by atoms with E-state index in [4.69, 9.17) is 0 Å². The number of hydrogen-bond donors (Lipinski definition) is 1. The number of unbranched alkanes of at least 4 members (excludes halogenated alkanes) is 4. The fourth-order valence-corrected chi connectivity index (χ4v) is 4.15. The Morgan fingerprint density at radius 1 is 1.00 bits per heavy atom. The van der Waals surface area contributed by atoms with Crippen molar-refractivity contribution in [2.24, 2.45) is 0 Å². The van der Waals surface area contributed by atoms with E-state index in [0.717, 1.165) is 11.3 Å². The summed E-state index contributed by atoms with van der Waals surface area (Å²) in [5.74, 6) is 1.39. The first kappa shape index (κ1) is 17.4. The molecule has 0 saturated carbocycles. The van der Waals surface area contributed by atoms with Gasteiger partial charge < -0.3 is 5.32 Å². The summed E-state index contributed by atoms with van der Waals surface area (Å²) < 4.78 is 0. The monoisotopic (exact) mass is 285 g/mol. The molecule has 19 heavy (non-hydrogen) atoms. The van der Waals surface area contributed by atoms with E-state index >= 15 is 0 Å². The third-order valence-electron chi connectivity index (χ3n) is 4.22. The Balaban J connectivity index is 2.17. The minimum Gasteiger partial charge on any atom is -0.313 e. The molecule has 1 saturated heterocycles. The van der Waals surface area contributed by atoms with Gasteiger partial charge >= 0.3 is 0 Å². The van der Waals surface area contributed by atoms with Gasteiger partial charge in [0.2, 0.25) is 0 Å². The van der Waals surface area contributed by atoms with Gasteiger partial charge in [-0.3, -0.25) is 0 Å². The summed E-state index contributed by atoms with van der Waals surface area (Å²) in [5.41, 5.74) is 0. The molecule has 1 aliphatic heterocycles. The van der Waals surface area contributed by atoms with Crippen molar-refractivity contribution >= 4 is 11.8 Å². The van der Waals surface area contributed by atoms with E-state index in [0.29, 0.717) is 0 Å². The first-order valence-electron chi connectivity index (χ1n) is 8.71. The number of thioether (sulfide) groups is 1. The fraction of sp³-hybridized carbons (Fsp3) is 1.00. The highest BCUT2D eigenvalue weighted by atomic mass is 32.2. The van der Waals surface area contributed by atoms with Gasteiger partial charge in [-0.1, -0.05) is 58.8 Å². The normalized spacial score (nSPS) is 20.1. The molecular weight excluding hydrogens is 250 g/mol. The van der Waals surface area contributed by atoms with Crippen LogP contribution in [0.15, 0.2) is 0 Å². The highest BCUT2D eigenvalue weighted by Crippen LogP contribution is 2.24. The molecule has 0 aliphatic carbocycles.